The molecular formula is C26H34O4. The van der Waals surface area contributed by atoms with Crippen LogP contribution in [0.2, 0.25) is 0 Å². The van der Waals surface area contributed by atoms with Crippen LogP contribution in [0, 0.1) is 0 Å². The second-order valence-electron chi connectivity index (χ2n) is 7.58. The molecular weight excluding hydrogens is 376 g/mol. The van der Waals surface area contributed by atoms with E-state index in [0.29, 0.717) is 37.2 Å². The van der Waals surface area contributed by atoms with Crippen molar-refractivity contribution < 1.29 is 19.1 Å². The number of aryl methyl sites for hydroxylation is 2. The molecule has 0 heterocycles. The second kappa shape index (κ2) is 13.6. The molecule has 0 atom stereocenters. The van der Waals surface area contributed by atoms with Gasteiger partial charge in [-0.2, -0.15) is 0 Å². The van der Waals surface area contributed by atoms with Gasteiger partial charge in [0.05, 0.1) is 0 Å². The van der Waals surface area contributed by atoms with Gasteiger partial charge in [-0.25, -0.2) is 0 Å². The van der Waals surface area contributed by atoms with Crippen LogP contribution in [-0.2, 0) is 22.4 Å². The highest BCUT2D eigenvalue weighted by atomic mass is 16.5. The number of benzene rings is 2. The Morgan fingerprint density at radius 1 is 0.633 bits per heavy atom. The zero-order chi connectivity index (χ0) is 21.6. The lowest BCUT2D eigenvalue weighted by Gasteiger charge is -2.10. The van der Waals surface area contributed by atoms with Crippen LogP contribution < -0.4 is 9.47 Å². The van der Waals surface area contributed by atoms with Crippen LogP contribution in [0.3, 0.4) is 0 Å². The SMILES string of the molecule is CCCCc1ccccc1OC(=O)CCCCC(=O)Oc1ccccc1CCCC. The third-order valence-electron chi connectivity index (χ3n) is 5.00. The summed E-state index contributed by atoms with van der Waals surface area (Å²) in [6.45, 7) is 4.28. The summed E-state index contributed by atoms with van der Waals surface area (Å²) in [4.78, 5) is 24.4. The Bertz CT molecular complexity index is 730. The van der Waals surface area contributed by atoms with E-state index in [1.54, 1.807) is 0 Å². The van der Waals surface area contributed by atoms with Gasteiger partial charge < -0.3 is 9.47 Å². The fraction of sp³-hybridized carbons (Fsp3) is 0.462. The van der Waals surface area contributed by atoms with Crippen molar-refractivity contribution >= 4 is 11.9 Å². The summed E-state index contributed by atoms with van der Waals surface area (Å²) >= 11 is 0. The van der Waals surface area contributed by atoms with Crippen LogP contribution in [0.4, 0.5) is 0 Å². The molecule has 4 nitrogen and oxygen atoms in total. The summed E-state index contributed by atoms with van der Waals surface area (Å²) in [6, 6.07) is 15.4. The first kappa shape index (κ1) is 23.7. The van der Waals surface area contributed by atoms with E-state index in [4.69, 9.17) is 9.47 Å². The average molecular weight is 411 g/mol. The van der Waals surface area contributed by atoms with E-state index >= 15 is 0 Å². The number of unbranched alkanes of at least 4 members (excludes halogenated alkanes) is 3. The Kier molecular flexibility index (Phi) is 10.7. The van der Waals surface area contributed by atoms with Gasteiger partial charge in [-0.15, -0.1) is 0 Å². The van der Waals surface area contributed by atoms with Gasteiger partial charge in [0, 0.05) is 12.8 Å². The normalized spacial score (nSPS) is 10.6. The smallest absolute Gasteiger partial charge is 0.311 e. The first-order chi connectivity index (χ1) is 14.6. The lowest BCUT2D eigenvalue weighted by atomic mass is 10.1. The van der Waals surface area contributed by atoms with Gasteiger partial charge >= 0.3 is 11.9 Å². The summed E-state index contributed by atoms with van der Waals surface area (Å²) < 4.78 is 11.1. The Balaban J connectivity index is 1.72. The quantitative estimate of drug-likeness (QED) is 0.216. The molecule has 2 aromatic carbocycles. The fourth-order valence-electron chi connectivity index (χ4n) is 3.24. The molecule has 30 heavy (non-hydrogen) atoms. The molecule has 0 saturated heterocycles. The molecule has 0 N–H and O–H groups in total. The Labute approximate surface area is 180 Å². The molecule has 0 aliphatic heterocycles. The van der Waals surface area contributed by atoms with E-state index in [1.807, 2.05) is 48.5 Å². The van der Waals surface area contributed by atoms with Crippen LogP contribution in [0.15, 0.2) is 48.5 Å². The van der Waals surface area contributed by atoms with Crippen molar-refractivity contribution in [3.05, 3.63) is 59.7 Å². The molecule has 0 spiro atoms. The predicted octanol–water partition coefficient (Wildman–Crippen LogP) is 6.44. The van der Waals surface area contributed by atoms with E-state index < -0.39 is 0 Å². The molecule has 2 aromatic rings. The maximum Gasteiger partial charge on any atom is 0.311 e. The number of hydrogen-bond donors (Lipinski definition) is 0. The minimum absolute atomic E-state index is 0.253. The summed E-state index contributed by atoms with van der Waals surface area (Å²) in [5.74, 6) is 0.799. The third kappa shape index (κ3) is 8.40. The molecule has 0 bridgehead atoms. The van der Waals surface area contributed by atoms with E-state index in [0.717, 1.165) is 49.7 Å². The van der Waals surface area contributed by atoms with Crippen molar-refractivity contribution in [2.75, 3.05) is 0 Å². The third-order valence-corrected chi connectivity index (χ3v) is 5.00. The first-order valence-electron chi connectivity index (χ1n) is 11.2. The lowest BCUT2D eigenvalue weighted by Crippen LogP contribution is -2.11. The van der Waals surface area contributed by atoms with Crippen molar-refractivity contribution in [3.8, 4) is 11.5 Å². The minimum Gasteiger partial charge on any atom is -0.426 e. The molecule has 0 unspecified atom stereocenters. The van der Waals surface area contributed by atoms with E-state index in [-0.39, 0.29) is 11.9 Å². The molecule has 0 aliphatic carbocycles. The van der Waals surface area contributed by atoms with Gasteiger partial charge in [-0.3, -0.25) is 9.59 Å². The zero-order valence-electron chi connectivity index (χ0n) is 18.3. The Hall–Kier alpha value is -2.62. The lowest BCUT2D eigenvalue weighted by molar-refractivity contribution is -0.136. The van der Waals surface area contributed by atoms with Crippen LogP contribution in [-0.4, -0.2) is 11.9 Å². The maximum absolute atomic E-state index is 12.2. The molecule has 0 saturated carbocycles. The van der Waals surface area contributed by atoms with E-state index in [9.17, 15) is 9.59 Å². The van der Waals surface area contributed by atoms with Crippen molar-refractivity contribution in [2.24, 2.45) is 0 Å². The van der Waals surface area contributed by atoms with Gasteiger partial charge in [0.25, 0.3) is 0 Å². The number of rotatable bonds is 13. The second-order valence-corrected chi connectivity index (χ2v) is 7.58. The van der Waals surface area contributed by atoms with Crippen LogP contribution >= 0.6 is 0 Å². The van der Waals surface area contributed by atoms with Gasteiger partial charge in [0.1, 0.15) is 11.5 Å². The standard InChI is InChI=1S/C26H34O4/c1-3-5-13-21-15-7-9-17-23(21)29-25(27)19-11-12-20-26(28)30-24-18-10-8-16-22(24)14-6-4-2/h7-10,15-18H,3-6,11-14,19-20H2,1-2H3. The van der Waals surface area contributed by atoms with Gasteiger partial charge in [-0.05, 0) is 61.8 Å². The molecule has 162 valence electrons. The van der Waals surface area contributed by atoms with Crippen LogP contribution in [0.1, 0.15) is 76.3 Å². The topological polar surface area (TPSA) is 52.6 Å². The largest absolute Gasteiger partial charge is 0.426 e. The predicted molar refractivity (Wildman–Crippen MR) is 120 cm³/mol. The van der Waals surface area contributed by atoms with Crippen molar-refractivity contribution in [1.29, 1.82) is 0 Å². The minimum atomic E-state index is -0.253. The Morgan fingerprint density at radius 2 is 1.03 bits per heavy atom. The molecule has 0 radical (unpaired) electrons. The molecule has 0 fully saturated rings. The number of carbonyl (C=O) groups excluding carboxylic acids is 2. The van der Waals surface area contributed by atoms with Crippen molar-refractivity contribution in [3.63, 3.8) is 0 Å². The molecule has 0 amide bonds. The molecule has 0 aliphatic rings. The Morgan fingerprint density at radius 3 is 1.43 bits per heavy atom. The van der Waals surface area contributed by atoms with Gasteiger partial charge in [0.15, 0.2) is 0 Å². The summed E-state index contributed by atoms with van der Waals surface area (Å²) in [7, 11) is 0. The number of esters is 2. The van der Waals surface area contributed by atoms with Gasteiger partial charge in [0.2, 0.25) is 0 Å². The van der Waals surface area contributed by atoms with Crippen molar-refractivity contribution in [1.82, 2.24) is 0 Å². The van der Waals surface area contributed by atoms with Crippen LogP contribution in [0.5, 0.6) is 11.5 Å². The maximum atomic E-state index is 12.2. The highest BCUT2D eigenvalue weighted by Crippen LogP contribution is 2.22. The summed E-state index contributed by atoms with van der Waals surface area (Å²) in [5.41, 5.74) is 2.14. The first-order valence-corrected chi connectivity index (χ1v) is 11.2. The highest BCUT2D eigenvalue weighted by Gasteiger charge is 2.11. The summed E-state index contributed by atoms with van der Waals surface area (Å²) in [6.07, 6.45) is 7.94. The number of ether oxygens (including phenoxy) is 2. The average Bonchev–Trinajstić information content (AvgIpc) is 2.75. The van der Waals surface area contributed by atoms with Gasteiger partial charge in [-0.1, -0.05) is 63.1 Å². The molecule has 4 heteroatoms. The monoisotopic (exact) mass is 410 g/mol. The highest BCUT2D eigenvalue weighted by molar-refractivity contribution is 5.74. The fourth-order valence-corrected chi connectivity index (χ4v) is 3.24. The van der Waals surface area contributed by atoms with Crippen molar-refractivity contribution in [2.45, 2.75) is 78.1 Å². The number of carbonyl (C=O) groups is 2. The van der Waals surface area contributed by atoms with E-state index in [2.05, 4.69) is 13.8 Å². The molecule has 2 rings (SSSR count). The zero-order valence-corrected chi connectivity index (χ0v) is 18.3. The molecule has 0 aromatic heterocycles. The number of para-hydroxylation sites is 2. The van der Waals surface area contributed by atoms with Crippen LogP contribution in [0.25, 0.3) is 0 Å². The summed E-state index contributed by atoms with van der Waals surface area (Å²) in [5, 5.41) is 0. The van der Waals surface area contributed by atoms with E-state index in [1.165, 1.54) is 0 Å². The number of hydrogen-bond acceptors (Lipinski definition) is 4.